The number of hydrogen-bond acceptors (Lipinski definition) is 2. The molecule has 0 aliphatic carbocycles. The summed E-state index contributed by atoms with van der Waals surface area (Å²) in [5, 5.41) is 2.85. The largest absolute Gasteiger partial charge is 0.376 e. The summed E-state index contributed by atoms with van der Waals surface area (Å²) in [6.45, 7) is 1.41. The zero-order valence-corrected chi connectivity index (χ0v) is 11.7. The molecule has 96 valence electrons. The van der Waals surface area contributed by atoms with Gasteiger partial charge >= 0.3 is 0 Å². The second kappa shape index (κ2) is 6.71. The first-order chi connectivity index (χ1) is 8.74. The lowest BCUT2D eigenvalue weighted by atomic mass is 10.2. The highest BCUT2D eigenvalue weighted by Crippen LogP contribution is 2.13. The van der Waals surface area contributed by atoms with Crippen molar-refractivity contribution in [3.8, 4) is 0 Å². The van der Waals surface area contributed by atoms with Gasteiger partial charge in [-0.3, -0.25) is 4.79 Å². The first kappa shape index (κ1) is 13.3. The monoisotopic (exact) mass is 309 g/mol. The third-order valence-electron chi connectivity index (χ3n) is 2.80. The van der Waals surface area contributed by atoms with E-state index in [1.54, 1.807) is 12.2 Å². The smallest absolute Gasteiger partial charge is 0.244 e. The molecule has 0 radical (unpaired) electrons. The predicted molar refractivity (Wildman–Crippen MR) is 75.2 cm³/mol. The summed E-state index contributed by atoms with van der Waals surface area (Å²) in [6, 6.07) is 7.81. The Morgan fingerprint density at radius 3 is 3.17 bits per heavy atom. The molecular weight excluding hydrogens is 294 g/mol. The lowest BCUT2D eigenvalue weighted by Gasteiger charge is -2.08. The highest BCUT2D eigenvalue weighted by Gasteiger charge is 2.15. The van der Waals surface area contributed by atoms with Crippen molar-refractivity contribution >= 4 is 27.9 Å². The Hall–Kier alpha value is -1.13. The first-order valence-electron chi connectivity index (χ1n) is 6.07. The maximum absolute atomic E-state index is 11.6. The van der Waals surface area contributed by atoms with Crippen molar-refractivity contribution in [1.82, 2.24) is 5.32 Å². The fourth-order valence-electron chi connectivity index (χ4n) is 1.86. The SMILES string of the molecule is O=C(/C=C/c1cccc(Br)c1)NCC1CCCO1. The van der Waals surface area contributed by atoms with Gasteiger partial charge in [-0.2, -0.15) is 0 Å². The van der Waals surface area contributed by atoms with Gasteiger partial charge in [-0.1, -0.05) is 28.1 Å². The fraction of sp³-hybridized carbons (Fsp3) is 0.357. The summed E-state index contributed by atoms with van der Waals surface area (Å²) in [6.07, 6.45) is 5.67. The number of benzene rings is 1. The summed E-state index contributed by atoms with van der Waals surface area (Å²) in [5.74, 6) is -0.0783. The van der Waals surface area contributed by atoms with Crippen LogP contribution in [0.3, 0.4) is 0 Å². The Bertz CT molecular complexity index is 439. The van der Waals surface area contributed by atoms with Crippen LogP contribution < -0.4 is 5.32 Å². The summed E-state index contributed by atoms with van der Waals surface area (Å²) in [4.78, 5) is 11.6. The normalized spacial score (nSPS) is 19.3. The summed E-state index contributed by atoms with van der Waals surface area (Å²) >= 11 is 3.39. The van der Waals surface area contributed by atoms with Crippen LogP contribution in [0.25, 0.3) is 6.08 Å². The number of nitrogens with one attached hydrogen (secondary N) is 1. The molecule has 1 amide bonds. The minimum absolute atomic E-state index is 0.0783. The number of ether oxygens (including phenoxy) is 1. The molecule has 1 aromatic rings. The summed E-state index contributed by atoms with van der Waals surface area (Å²) < 4.78 is 6.44. The molecule has 1 saturated heterocycles. The van der Waals surface area contributed by atoms with Crippen molar-refractivity contribution in [3.05, 3.63) is 40.4 Å². The number of amides is 1. The average molecular weight is 310 g/mol. The average Bonchev–Trinajstić information content (AvgIpc) is 2.87. The van der Waals surface area contributed by atoms with Crippen LogP contribution in [-0.2, 0) is 9.53 Å². The Kier molecular flexibility index (Phi) is 4.96. The molecule has 1 N–H and O–H groups in total. The molecule has 18 heavy (non-hydrogen) atoms. The quantitative estimate of drug-likeness (QED) is 0.869. The van der Waals surface area contributed by atoms with Gasteiger partial charge in [0, 0.05) is 23.7 Å². The van der Waals surface area contributed by atoms with Gasteiger partial charge in [0.15, 0.2) is 0 Å². The van der Waals surface area contributed by atoms with E-state index in [1.807, 2.05) is 24.3 Å². The Balaban J connectivity index is 1.79. The molecule has 1 fully saturated rings. The van der Waals surface area contributed by atoms with E-state index >= 15 is 0 Å². The van der Waals surface area contributed by atoms with Gasteiger partial charge < -0.3 is 10.1 Å². The molecule has 3 nitrogen and oxygen atoms in total. The third kappa shape index (κ3) is 4.27. The van der Waals surface area contributed by atoms with Crippen LogP contribution in [0.4, 0.5) is 0 Å². The molecule has 0 bridgehead atoms. The van der Waals surface area contributed by atoms with Gasteiger partial charge in [-0.15, -0.1) is 0 Å². The number of hydrogen-bond donors (Lipinski definition) is 1. The Labute approximate surface area is 115 Å². The molecule has 2 rings (SSSR count). The molecule has 1 heterocycles. The lowest BCUT2D eigenvalue weighted by molar-refractivity contribution is -0.116. The van der Waals surface area contributed by atoms with Crippen LogP contribution >= 0.6 is 15.9 Å². The standard InChI is InChI=1S/C14H16BrNO2/c15-12-4-1-3-11(9-12)6-7-14(17)16-10-13-5-2-8-18-13/h1,3-4,6-7,9,13H,2,5,8,10H2,(H,16,17)/b7-6+. The van der Waals surface area contributed by atoms with Crippen LogP contribution in [0.1, 0.15) is 18.4 Å². The molecule has 1 aliphatic rings. The highest BCUT2D eigenvalue weighted by molar-refractivity contribution is 9.10. The van der Waals surface area contributed by atoms with Gasteiger partial charge in [0.05, 0.1) is 6.10 Å². The molecular formula is C14H16BrNO2. The van der Waals surface area contributed by atoms with Crippen LogP contribution in [0.5, 0.6) is 0 Å². The van der Waals surface area contributed by atoms with E-state index < -0.39 is 0 Å². The van der Waals surface area contributed by atoms with Crippen molar-refractivity contribution in [2.75, 3.05) is 13.2 Å². The number of halogens is 1. The second-order valence-electron chi connectivity index (χ2n) is 4.27. The molecule has 1 atom stereocenters. The van der Waals surface area contributed by atoms with Crippen molar-refractivity contribution in [1.29, 1.82) is 0 Å². The van der Waals surface area contributed by atoms with E-state index in [4.69, 9.17) is 4.74 Å². The topological polar surface area (TPSA) is 38.3 Å². The zero-order chi connectivity index (χ0) is 12.8. The predicted octanol–water partition coefficient (Wildman–Crippen LogP) is 2.76. The van der Waals surface area contributed by atoms with E-state index in [2.05, 4.69) is 21.2 Å². The molecule has 1 unspecified atom stereocenters. The first-order valence-corrected chi connectivity index (χ1v) is 6.86. The van der Waals surface area contributed by atoms with E-state index in [0.717, 1.165) is 29.5 Å². The third-order valence-corrected chi connectivity index (χ3v) is 3.30. The van der Waals surface area contributed by atoms with Gasteiger partial charge in [0.25, 0.3) is 0 Å². The molecule has 4 heteroatoms. The Morgan fingerprint density at radius 1 is 1.56 bits per heavy atom. The van der Waals surface area contributed by atoms with Crippen molar-refractivity contribution in [3.63, 3.8) is 0 Å². The number of rotatable bonds is 4. The van der Waals surface area contributed by atoms with Crippen molar-refractivity contribution in [2.45, 2.75) is 18.9 Å². The number of carbonyl (C=O) groups excluding carboxylic acids is 1. The lowest BCUT2D eigenvalue weighted by Crippen LogP contribution is -2.30. The van der Waals surface area contributed by atoms with Crippen LogP contribution in [0, 0.1) is 0 Å². The minimum atomic E-state index is -0.0783. The van der Waals surface area contributed by atoms with Gasteiger partial charge in [-0.05, 0) is 36.6 Å². The van der Waals surface area contributed by atoms with E-state index in [9.17, 15) is 4.79 Å². The number of carbonyl (C=O) groups is 1. The molecule has 0 aromatic heterocycles. The van der Waals surface area contributed by atoms with Crippen molar-refractivity contribution in [2.24, 2.45) is 0 Å². The second-order valence-corrected chi connectivity index (χ2v) is 5.18. The summed E-state index contributed by atoms with van der Waals surface area (Å²) in [5.41, 5.74) is 0.997. The molecule has 1 aromatic carbocycles. The van der Waals surface area contributed by atoms with Crippen LogP contribution in [-0.4, -0.2) is 25.2 Å². The maximum atomic E-state index is 11.6. The van der Waals surface area contributed by atoms with E-state index in [-0.39, 0.29) is 12.0 Å². The van der Waals surface area contributed by atoms with Gasteiger partial charge in [-0.25, -0.2) is 0 Å². The van der Waals surface area contributed by atoms with E-state index in [0.29, 0.717) is 6.54 Å². The fourth-order valence-corrected chi connectivity index (χ4v) is 2.28. The molecule has 0 saturated carbocycles. The maximum Gasteiger partial charge on any atom is 0.244 e. The van der Waals surface area contributed by atoms with Gasteiger partial charge in [0.2, 0.25) is 5.91 Å². The van der Waals surface area contributed by atoms with Crippen LogP contribution in [0.15, 0.2) is 34.8 Å². The highest BCUT2D eigenvalue weighted by atomic mass is 79.9. The molecule has 0 spiro atoms. The zero-order valence-electron chi connectivity index (χ0n) is 10.1. The van der Waals surface area contributed by atoms with E-state index in [1.165, 1.54) is 0 Å². The Morgan fingerprint density at radius 2 is 2.44 bits per heavy atom. The van der Waals surface area contributed by atoms with Crippen LogP contribution in [0.2, 0.25) is 0 Å². The minimum Gasteiger partial charge on any atom is -0.376 e. The molecule has 1 aliphatic heterocycles. The van der Waals surface area contributed by atoms with Crippen molar-refractivity contribution < 1.29 is 9.53 Å². The summed E-state index contributed by atoms with van der Waals surface area (Å²) in [7, 11) is 0. The van der Waals surface area contributed by atoms with Gasteiger partial charge in [0.1, 0.15) is 0 Å².